The van der Waals surface area contributed by atoms with Crippen LogP contribution in [0, 0.1) is 6.92 Å². The van der Waals surface area contributed by atoms with E-state index in [2.05, 4.69) is 5.32 Å². The van der Waals surface area contributed by atoms with Crippen LogP contribution in [0.4, 0.5) is 10.5 Å². The summed E-state index contributed by atoms with van der Waals surface area (Å²) in [6, 6.07) is 4.22. The standard InChI is InChI=1S/C12H16ClNO4S/c1-8-5-6-9(19(13,16)17)7-10(8)14-11(15)18-12(2,3)4/h5-7H,1-4H3,(H,14,15). The molecule has 1 aromatic carbocycles. The number of carbonyl (C=O) groups excluding carboxylic acids is 1. The number of benzene rings is 1. The fourth-order valence-electron chi connectivity index (χ4n) is 1.30. The maximum atomic E-state index is 11.6. The van der Waals surface area contributed by atoms with Gasteiger partial charge in [0.25, 0.3) is 9.05 Å². The maximum absolute atomic E-state index is 11.6. The van der Waals surface area contributed by atoms with Gasteiger partial charge in [0, 0.05) is 16.4 Å². The second-order valence-electron chi connectivity index (χ2n) is 5.04. The zero-order valence-corrected chi connectivity index (χ0v) is 12.7. The van der Waals surface area contributed by atoms with E-state index in [-0.39, 0.29) is 4.90 Å². The van der Waals surface area contributed by atoms with Crippen molar-refractivity contribution >= 4 is 31.5 Å². The highest BCUT2D eigenvalue weighted by molar-refractivity contribution is 8.13. The Bertz CT molecular complexity index is 590. The molecule has 0 heterocycles. The van der Waals surface area contributed by atoms with E-state index < -0.39 is 20.7 Å². The van der Waals surface area contributed by atoms with E-state index in [1.165, 1.54) is 12.1 Å². The molecule has 106 valence electrons. The molecule has 0 saturated carbocycles. The molecule has 7 heteroatoms. The molecule has 1 aromatic rings. The molecule has 0 aliphatic rings. The molecular formula is C12H16ClNO4S. The fraction of sp³-hybridized carbons (Fsp3) is 0.417. The van der Waals surface area contributed by atoms with E-state index >= 15 is 0 Å². The first-order valence-electron chi connectivity index (χ1n) is 5.54. The number of hydrogen-bond acceptors (Lipinski definition) is 4. The van der Waals surface area contributed by atoms with Gasteiger partial charge in [-0.1, -0.05) is 6.07 Å². The molecule has 0 aliphatic carbocycles. The van der Waals surface area contributed by atoms with Gasteiger partial charge in [-0.25, -0.2) is 13.2 Å². The Hall–Kier alpha value is -1.27. The second kappa shape index (κ2) is 5.38. The van der Waals surface area contributed by atoms with E-state index in [1.54, 1.807) is 33.8 Å². The number of aryl methyl sites for hydroxylation is 1. The average Bonchev–Trinajstić information content (AvgIpc) is 2.16. The molecular weight excluding hydrogens is 290 g/mol. The van der Waals surface area contributed by atoms with E-state index in [9.17, 15) is 13.2 Å². The number of anilines is 1. The summed E-state index contributed by atoms with van der Waals surface area (Å²) in [5.74, 6) is 0. The molecule has 0 unspecified atom stereocenters. The van der Waals surface area contributed by atoms with Crippen molar-refractivity contribution in [3.63, 3.8) is 0 Å². The molecule has 1 amide bonds. The third-order valence-corrected chi connectivity index (χ3v) is 3.48. The fourth-order valence-corrected chi connectivity index (χ4v) is 2.08. The number of hydrogen-bond donors (Lipinski definition) is 1. The largest absolute Gasteiger partial charge is 0.444 e. The van der Waals surface area contributed by atoms with Gasteiger partial charge < -0.3 is 4.74 Å². The molecule has 1 N–H and O–H groups in total. The number of halogens is 1. The van der Waals surface area contributed by atoms with Crippen molar-refractivity contribution in [2.24, 2.45) is 0 Å². The van der Waals surface area contributed by atoms with Crippen molar-refractivity contribution in [2.75, 3.05) is 5.32 Å². The van der Waals surface area contributed by atoms with Crippen molar-refractivity contribution in [3.8, 4) is 0 Å². The quantitative estimate of drug-likeness (QED) is 0.851. The summed E-state index contributed by atoms with van der Waals surface area (Å²) in [6.07, 6.45) is -0.653. The number of amides is 1. The van der Waals surface area contributed by atoms with Gasteiger partial charge in [-0.15, -0.1) is 0 Å². The lowest BCUT2D eigenvalue weighted by Crippen LogP contribution is -2.27. The number of carbonyl (C=O) groups is 1. The lowest BCUT2D eigenvalue weighted by Gasteiger charge is -2.20. The molecule has 0 atom stereocenters. The summed E-state index contributed by atoms with van der Waals surface area (Å²) in [7, 11) is 1.42. The highest BCUT2D eigenvalue weighted by Gasteiger charge is 2.18. The topological polar surface area (TPSA) is 72.5 Å². The highest BCUT2D eigenvalue weighted by atomic mass is 35.7. The summed E-state index contributed by atoms with van der Waals surface area (Å²) in [4.78, 5) is 11.5. The molecule has 19 heavy (non-hydrogen) atoms. The van der Waals surface area contributed by atoms with Crippen molar-refractivity contribution in [3.05, 3.63) is 23.8 Å². The molecule has 0 radical (unpaired) electrons. The number of nitrogens with one attached hydrogen (secondary N) is 1. The minimum Gasteiger partial charge on any atom is -0.444 e. The van der Waals surface area contributed by atoms with Crippen molar-refractivity contribution in [2.45, 2.75) is 38.2 Å². The van der Waals surface area contributed by atoms with Crippen LogP contribution in [0.25, 0.3) is 0 Å². The van der Waals surface area contributed by atoms with Gasteiger partial charge in [-0.3, -0.25) is 5.32 Å². The minimum atomic E-state index is -3.83. The molecule has 0 spiro atoms. The Balaban J connectivity index is 2.99. The molecule has 0 saturated heterocycles. The van der Waals surface area contributed by atoms with Gasteiger partial charge in [0.15, 0.2) is 0 Å². The SMILES string of the molecule is Cc1ccc(S(=O)(=O)Cl)cc1NC(=O)OC(C)(C)C. The van der Waals surface area contributed by atoms with Gasteiger partial charge in [0.05, 0.1) is 4.90 Å². The molecule has 0 aliphatic heterocycles. The lowest BCUT2D eigenvalue weighted by atomic mass is 10.2. The number of rotatable bonds is 2. The Labute approximate surface area is 117 Å². The van der Waals surface area contributed by atoms with Gasteiger partial charge in [-0.05, 0) is 45.4 Å². The highest BCUT2D eigenvalue weighted by Crippen LogP contribution is 2.23. The molecule has 5 nitrogen and oxygen atoms in total. The van der Waals surface area contributed by atoms with Crippen LogP contribution in [0.5, 0.6) is 0 Å². The smallest absolute Gasteiger partial charge is 0.412 e. The van der Waals surface area contributed by atoms with Gasteiger partial charge in [0.2, 0.25) is 0 Å². The zero-order valence-electron chi connectivity index (χ0n) is 11.2. The summed E-state index contributed by atoms with van der Waals surface area (Å²) in [5, 5.41) is 2.49. The van der Waals surface area contributed by atoms with Crippen molar-refractivity contribution in [1.29, 1.82) is 0 Å². The molecule has 1 rings (SSSR count). The molecule has 0 aromatic heterocycles. The molecule has 0 bridgehead atoms. The Morgan fingerprint density at radius 3 is 2.37 bits per heavy atom. The van der Waals surface area contributed by atoms with Crippen LogP contribution < -0.4 is 5.32 Å². The van der Waals surface area contributed by atoms with E-state index in [1.807, 2.05) is 0 Å². The molecule has 0 fully saturated rings. The van der Waals surface area contributed by atoms with Crippen LogP contribution in [0.3, 0.4) is 0 Å². The van der Waals surface area contributed by atoms with Crippen LogP contribution >= 0.6 is 10.7 Å². The third kappa shape index (κ3) is 5.08. The van der Waals surface area contributed by atoms with Crippen LogP contribution in [0.2, 0.25) is 0 Å². The average molecular weight is 306 g/mol. The third-order valence-electron chi connectivity index (χ3n) is 2.13. The summed E-state index contributed by atoms with van der Waals surface area (Å²) >= 11 is 0. The van der Waals surface area contributed by atoms with Gasteiger partial charge in [0.1, 0.15) is 5.60 Å². The van der Waals surface area contributed by atoms with Crippen LogP contribution in [-0.4, -0.2) is 20.1 Å². The summed E-state index contributed by atoms with van der Waals surface area (Å²) in [5.41, 5.74) is 0.416. The van der Waals surface area contributed by atoms with E-state index in [0.717, 1.165) is 0 Å². The monoisotopic (exact) mass is 305 g/mol. The second-order valence-corrected chi connectivity index (χ2v) is 7.61. The first-order chi connectivity index (χ1) is 8.49. The normalized spacial score (nSPS) is 12.1. The van der Waals surface area contributed by atoms with Crippen molar-refractivity contribution < 1.29 is 17.9 Å². The maximum Gasteiger partial charge on any atom is 0.412 e. The summed E-state index contributed by atoms with van der Waals surface area (Å²) < 4.78 is 27.6. The van der Waals surface area contributed by atoms with Gasteiger partial charge >= 0.3 is 6.09 Å². The first-order valence-corrected chi connectivity index (χ1v) is 7.85. The van der Waals surface area contributed by atoms with Crippen LogP contribution in [0.15, 0.2) is 23.1 Å². The lowest BCUT2D eigenvalue weighted by molar-refractivity contribution is 0.0635. The van der Waals surface area contributed by atoms with Crippen LogP contribution in [-0.2, 0) is 13.8 Å². The first kappa shape index (κ1) is 15.8. The zero-order chi connectivity index (χ0) is 14.8. The predicted octanol–water partition coefficient (Wildman–Crippen LogP) is 3.27. The number of ether oxygens (including phenoxy) is 1. The van der Waals surface area contributed by atoms with E-state index in [0.29, 0.717) is 11.3 Å². The van der Waals surface area contributed by atoms with Crippen molar-refractivity contribution in [1.82, 2.24) is 0 Å². The predicted molar refractivity (Wildman–Crippen MR) is 74.1 cm³/mol. The Kier molecular flexibility index (Phi) is 4.47. The van der Waals surface area contributed by atoms with Gasteiger partial charge in [-0.2, -0.15) is 0 Å². The Morgan fingerprint density at radius 2 is 1.89 bits per heavy atom. The Morgan fingerprint density at radius 1 is 1.32 bits per heavy atom. The van der Waals surface area contributed by atoms with E-state index in [4.69, 9.17) is 15.4 Å². The minimum absolute atomic E-state index is 0.0779. The van der Waals surface area contributed by atoms with Crippen LogP contribution in [0.1, 0.15) is 26.3 Å². The summed E-state index contributed by atoms with van der Waals surface area (Å²) in [6.45, 7) is 6.94.